The maximum atomic E-state index is 3.92. The summed E-state index contributed by atoms with van der Waals surface area (Å²) >= 11 is 0. The minimum Gasteiger partial charge on any atom is -0.0981 e. The molecule has 0 radical (unpaired) electrons. The molecule has 0 aliphatic carbocycles. The highest BCUT2D eigenvalue weighted by Gasteiger charge is 2.09. The monoisotopic (exact) mass is 232 g/mol. The Morgan fingerprint density at radius 2 is 2.00 bits per heavy atom. The Morgan fingerprint density at radius 1 is 1.31 bits per heavy atom. The zero-order valence-electron chi connectivity index (χ0n) is 10.8. The van der Waals surface area contributed by atoms with Crippen LogP contribution in [0.15, 0.2) is 12.7 Å². The zero-order valence-corrected chi connectivity index (χ0v) is 11.7. The van der Waals surface area contributed by atoms with E-state index in [0.717, 1.165) is 0 Å². The Hall–Kier alpha value is -0.870. The first-order valence-corrected chi connectivity index (χ1v) is 6.80. The van der Waals surface area contributed by atoms with Gasteiger partial charge in [0.05, 0.1) is 0 Å². The topological polar surface area (TPSA) is 0 Å². The first kappa shape index (κ1) is 13.2. The van der Waals surface area contributed by atoms with Crippen molar-refractivity contribution in [1.82, 2.24) is 0 Å². The minimum absolute atomic E-state index is 1.19. The fourth-order valence-electron chi connectivity index (χ4n) is 2.09. The second kappa shape index (κ2) is 6.01. The highest BCUT2D eigenvalue weighted by atomic mass is 31.0. The van der Waals surface area contributed by atoms with E-state index in [0.29, 0.717) is 0 Å². The van der Waals surface area contributed by atoms with Crippen molar-refractivity contribution < 1.29 is 0 Å². The van der Waals surface area contributed by atoms with Crippen LogP contribution in [-0.4, -0.2) is 0 Å². The van der Waals surface area contributed by atoms with E-state index in [1.54, 1.807) is 5.56 Å². The van der Waals surface area contributed by atoms with Crippen molar-refractivity contribution in [3.8, 4) is 0 Å². The van der Waals surface area contributed by atoms with Gasteiger partial charge in [-0.05, 0) is 49.2 Å². The van der Waals surface area contributed by atoms with E-state index in [-0.39, 0.29) is 0 Å². The van der Waals surface area contributed by atoms with Gasteiger partial charge in [-0.25, -0.2) is 0 Å². The lowest BCUT2D eigenvalue weighted by molar-refractivity contribution is 0.908. The molecule has 0 aliphatic rings. The summed E-state index contributed by atoms with van der Waals surface area (Å²) in [6.45, 7) is 12.7. The fraction of sp³-hybridized carbons (Fsp3) is 0.400. The molecule has 0 aliphatic heterocycles. The SMILES string of the molecule is C=Cc1pc(C)c(CCC)c(C)c1/C=C\C. The Kier molecular flexibility index (Phi) is 4.96. The smallest absolute Gasteiger partial charge is 0.00896 e. The van der Waals surface area contributed by atoms with Crippen LogP contribution in [0, 0.1) is 13.8 Å². The van der Waals surface area contributed by atoms with Crippen LogP contribution in [-0.2, 0) is 6.42 Å². The van der Waals surface area contributed by atoms with Gasteiger partial charge in [0.1, 0.15) is 0 Å². The van der Waals surface area contributed by atoms with E-state index in [2.05, 4.69) is 46.4 Å². The maximum absolute atomic E-state index is 3.92. The normalized spacial score (nSPS) is 11.5. The van der Waals surface area contributed by atoms with Gasteiger partial charge in [-0.1, -0.05) is 46.3 Å². The number of hydrogen-bond donors (Lipinski definition) is 0. The van der Waals surface area contributed by atoms with Crippen molar-refractivity contribution in [2.24, 2.45) is 0 Å². The molecule has 1 heterocycles. The molecule has 1 aromatic heterocycles. The van der Waals surface area contributed by atoms with E-state index in [4.69, 9.17) is 0 Å². The predicted octanol–water partition coefficient (Wildman–Crippen LogP) is 5.51. The summed E-state index contributed by atoms with van der Waals surface area (Å²) in [4.78, 5) is 0. The number of hydrogen-bond acceptors (Lipinski definition) is 0. The van der Waals surface area contributed by atoms with Crippen LogP contribution in [0.4, 0.5) is 0 Å². The van der Waals surface area contributed by atoms with Crippen molar-refractivity contribution in [3.05, 3.63) is 39.9 Å². The van der Waals surface area contributed by atoms with E-state index >= 15 is 0 Å². The molecule has 1 heteroatoms. The molecule has 0 unspecified atom stereocenters. The third-order valence-corrected chi connectivity index (χ3v) is 4.15. The van der Waals surface area contributed by atoms with Crippen molar-refractivity contribution in [3.63, 3.8) is 0 Å². The van der Waals surface area contributed by atoms with Crippen LogP contribution < -0.4 is 0 Å². The average molecular weight is 232 g/mol. The Balaban J connectivity index is 3.44. The largest absolute Gasteiger partial charge is 0.0981 e. The summed E-state index contributed by atoms with van der Waals surface area (Å²) in [6, 6.07) is 0. The fourth-order valence-corrected chi connectivity index (χ4v) is 3.32. The number of rotatable bonds is 4. The van der Waals surface area contributed by atoms with Gasteiger partial charge < -0.3 is 0 Å². The molecule has 0 saturated carbocycles. The van der Waals surface area contributed by atoms with Crippen molar-refractivity contribution in [2.75, 3.05) is 0 Å². The van der Waals surface area contributed by atoms with E-state index in [1.807, 2.05) is 6.08 Å². The van der Waals surface area contributed by atoms with E-state index in [1.165, 1.54) is 42.8 Å². The zero-order chi connectivity index (χ0) is 12.1. The maximum Gasteiger partial charge on any atom is 0.00896 e. The predicted molar refractivity (Wildman–Crippen MR) is 77.2 cm³/mol. The van der Waals surface area contributed by atoms with Crippen LogP contribution in [0.1, 0.15) is 47.5 Å². The summed E-state index contributed by atoms with van der Waals surface area (Å²) in [5.41, 5.74) is 4.35. The summed E-state index contributed by atoms with van der Waals surface area (Å²) in [6.07, 6.45) is 8.72. The minimum atomic E-state index is 1.19. The van der Waals surface area contributed by atoms with Gasteiger partial charge in [-0.3, -0.25) is 0 Å². The standard InChI is InChI=1S/C15H21P/c1-6-9-13-11(4)14(10-7-2)15(8-3)16-12(13)5/h7-8,10H,3,6,9H2,1-2,4-5H3/b10-7-. The molecule has 0 saturated heterocycles. The molecule has 0 N–H and O–H groups in total. The van der Waals surface area contributed by atoms with Gasteiger partial charge in [-0.15, -0.1) is 0 Å². The second-order valence-electron chi connectivity index (χ2n) is 4.05. The molecule has 0 nitrogen and oxygen atoms in total. The molecule has 1 rings (SSSR count). The highest BCUT2D eigenvalue weighted by molar-refractivity contribution is 7.32. The Morgan fingerprint density at radius 3 is 2.50 bits per heavy atom. The molecule has 0 amide bonds. The van der Waals surface area contributed by atoms with Gasteiger partial charge >= 0.3 is 0 Å². The first-order chi connectivity index (χ1) is 7.65. The van der Waals surface area contributed by atoms with Gasteiger partial charge in [0, 0.05) is 5.30 Å². The first-order valence-electron chi connectivity index (χ1n) is 5.90. The van der Waals surface area contributed by atoms with Gasteiger partial charge in [0.25, 0.3) is 0 Å². The van der Waals surface area contributed by atoms with Gasteiger partial charge in [0.15, 0.2) is 0 Å². The van der Waals surface area contributed by atoms with Crippen LogP contribution >= 0.6 is 8.19 Å². The molecule has 0 atom stereocenters. The molecule has 0 aromatic carbocycles. The van der Waals surface area contributed by atoms with Crippen LogP contribution in [0.5, 0.6) is 0 Å². The quantitative estimate of drug-likeness (QED) is 0.641. The van der Waals surface area contributed by atoms with E-state index < -0.39 is 0 Å². The molecule has 86 valence electrons. The highest BCUT2D eigenvalue weighted by Crippen LogP contribution is 2.33. The van der Waals surface area contributed by atoms with E-state index in [9.17, 15) is 0 Å². The molecule has 0 spiro atoms. The summed E-state index contributed by atoms with van der Waals surface area (Å²) in [5, 5.41) is 2.83. The Bertz CT molecular complexity index is 414. The number of allylic oxidation sites excluding steroid dienone is 1. The van der Waals surface area contributed by atoms with Crippen molar-refractivity contribution in [2.45, 2.75) is 40.5 Å². The van der Waals surface area contributed by atoms with Crippen LogP contribution in [0.2, 0.25) is 0 Å². The Labute approximate surface area is 101 Å². The summed E-state index contributed by atoms with van der Waals surface area (Å²) in [7, 11) is 1.33. The van der Waals surface area contributed by atoms with Crippen LogP contribution in [0.3, 0.4) is 0 Å². The van der Waals surface area contributed by atoms with Gasteiger partial charge in [-0.2, -0.15) is 0 Å². The molecular formula is C15H21P. The van der Waals surface area contributed by atoms with Crippen LogP contribution in [0.25, 0.3) is 12.2 Å². The lowest BCUT2D eigenvalue weighted by Gasteiger charge is -2.14. The molecular weight excluding hydrogens is 211 g/mol. The molecule has 16 heavy (non-hydrogen) atoms. The molecule has 1 aromatic rings. The molecule has 0 fully saturated rings. The third-order valence-electron chi connectivity index (χ3n) is 2.88. The average Bonchev–Trinajstić information content (AvgIpc) is 2.28. The van der Waals surface area contributed by atoms with Crippen molar-refractivity contribution >= 4 is 20.3 Å². The lowest BCUT2D eigenvalue weighted by atomic mass is 10.00. The lowest BCUT2D eigenvalue weighted by Crippen LogP contribution is -1.95. The number of aryl methyl sites for hydroxylation is 1. The third kappa shape index (κ3) is 2.62. The molecule has 0 bridgehead atoms. The van der Waals surface area contributed by atoms with Crippen molar-refractivity contribution in [1.29, 1.82) is 0 Å². The van der Waals surface area contributed by atoms with Gasteiger partial charge in [0.2, 0.25) is 0 Å². The second-order valence-corrected chi connectivity index (χ2v) is 5.43. The summed E-state index contributed by atoms with van der Waals surface area (Å²) < 4.78 is 0. The summed E-state index contributed by atoms with van der Waals surface area (Å²) in [5.74, 6) is 0.